The van der Waals surface area contributed by atoms with Gasteiger partial charge in [-0.3, -0.25) is 9.59 Å². The van der Waals surface area contributed by atoms with Crippen molar-refractivity contribution < 1.29 is 14.3 Å². The first kappa shape index (κ1) is 23.8. The molecule has 0 aliphatic carbocycles. The summed E-state index contributed by atoms with van der Waals surface area (Å²) in [5, 5.41) is 7.65. The Morgan fingerprint density at radius 1 is 0.943 bits per heavy atom. The summed E-state index contributed by atoms with van der Waals surface area (Å²) in [6.45, 7) is 3.79. The molecule has 0 saturated carbocycles. The van der Waals surface area contributed by atoms with Crippen molar-refractivity contribution in [2.45, 2.75) is 13.8 Å². The Morgan fingerprint density at radius 3 is 2.23 bits per heavy atom. The number of benzene rings is 3. The number of hydrogen-bond acceptors (Lipinski definition) is 4. The quantitative estimate of drug-likeness (QED) is 0.420. The zero-order valence-electron chi connectivity index (χ0n) is 20.3. The number of rotatable bonds is 7. The molecular formula is C28H28N4O3. The van der Waals surface area contributed by atoms with Crippen LogP contribution in [0.5, 0.6) is 5.75 Å². The summed E-state index contributed by atoms with van der Waals surface area (Å²) in [6, 6.07) is 22.8. The summed E-state index contributed by atoms with van der Waals surface area (Å²) in [6.07, 6.45) is 1.71. The second-order valence-corrected chi connectivity index (χ2v) is 8.38. The number of aryl methyl sites for hydroxylation is 2. The molecule has 4 aromatic rings. The minimum absolute atomic E-state index is 0.0921. The number of hydrogen-bond donors (Lipinski definition) is 1. The molecule has 7 nitrogen and oxygen atoms in total. The molecule has 0 spiro atoms. The van der Waals surface area contributed by atoms with Crippen LogP contribution in [0.25, 0.3) is 16.9 Å². The van der Waals surface area contributed by atoms with Gasteiger partial charge >= 0.3 is 0 Å². The average molecular weight is 469 g/mol. The minimum Gasteiger partial charge on any atom is -0.497 e. The second-order valence-electron chi connectivity index (χ2n) is 8.38. The number of ether oxygens (including phenoxy) is 1. The molecule has 0 aliphatic rings. The van der Waals surface area contributed by atoms with Crippen molar-refractivity contribution in [1.29, 1.82) is 0 Å². The first-order valence-corrected chi connectivity index (χ1v) is 11.3. The molecule has 3 aromatic carbocycles. The molecular weight excluding hydrogens is 440 g/mol. The molecule has 0 unspecified atom stereocenters. The van der Waals surface area contributed by atoms with Crippen LogP contribution in [0.4, 0.5) is 5.69 Å². The normalized spacial score (nSPS) is 10.6. The molecule has 178 valence electrons. The molecule has 0 fully saturated rings. The van der Waals surface area contributed by atoms with Gasteiger partial charge in [-0.1, -0.05) is 36.4 Å². The Balaban J connectivity index is 1.62. The highest BCUT2D eigenvalue weighted by atomic mass is 16.5. The highest BCUT2D eigenvalue weighted by molar-refractivity contribution is 6.03. The Hall–Kier alpha value is -4.39. The molecule has 0 radical (unpaired) electrons. The molecule has 0 bridgehead atoms. The lowest BCUT2D eigenvalue weighted by Gasteiger charge is -2.18. The van der Waals surface area contributed by atoms with Crippen LogP contribution >= 0.6 is 0 Å². The molecule has 4 rings (SSSR count). The number of nitrogens with zero attached hydrogens (tertiary/aromatic N) is 3. The summed E-state index contributed by atoms with van der Waals surface area (Å²) < 4.78 is 6.94. The molecule has 35 heavy (non-hydrogen) atoms. The van der Waals surface area contributed by atoms with Crippen molar-refractivity contribution in [1.82, 2.24) is 14.7 Å². The maximum Gasteiger partial charge on any atom is 0.257 e. The van der Waals surface area contributed by atoms with E-state index in [4.69, 9.17) is 9.84 Å². The second kappa shape index (κ2) is 10.3. The molecule has 1 aromatic heterocycles. The summed E-state index contributed by atoms with van der Waals surface area (Å²) >= 11 is 0. The van der Waals surface area contributed by atoms with Gasteiger partial charge in [0.05, 0.1) is 24.9 Å². The molecule has 7 heteroatoms. The van der Waals surface area contributed by atoms with Crippen LogP contribution in [0.3, 0.4) is 0 Å². The van der Waals surface area contributed by atoms with E-state index in [0.717, 1.165) is 28.1 Å². The van der Waals surface area contributed by atoms with Gasteiger partial charge in [-0.25, -0.2) is 4.68 Å². The number of nitrogens with one attached hydrogen (secondary N) is 1. The fourth-order valence-electron chi connectivity index (χ4n) is 3.89. The van der Waals surface area contributed by atoms with Crippen LogP contribution in [0.2, 0.25) is 0 Å². The van der Waals surface area contributed by atoms with Gasteiger partial charge in [0.25, 0.3) is 5.91 Å². The Bertz CT molecular complexity index is 1320. The van der Waals surface area contributed by atoms with E-state index in [1.54, 1.807) is 25.0 Å². The SMILES string of the molecule is COc1ccc(-c2nn(-c3ccccc3)cc2C(=O)N(C)CC(=O)Nc2c(C)cccc2C)cc1. The van der Waals surface area contributed by atoms with Crippen molar-refractivity contribution in [3.8, 4) is 22.7 Å². The minimum atomic E-state index is -0.297. The zero-order chi connectivity index (χ0) is 24.9. The zero-order valence-corrected chi connectivity index (χ0v) is 20.3. The first-order chi connectivity index (χ1) is 16.9. The number of para-hydroxylation sites is 2. The average Bonchev–Trinajstić information content (AvgIpc) is 3.32. The molecule has 2 amide bonds. The Morgan fingerprint density at radius 2 is 1.60 bits per heavy atom. The van der Waals surface area contributed by atoms with E-state index in [9.17, 15) is 9.59 Å². The van der Waals surface area contributed by atoms with E-state index < -0.39 is 0 Å². The Kier molecular flexibility index (Phi) is 6.96. The third-order valence-corrected chi connectivity index (χ3v) is 5.80. The van der Waals surface area contributed by atoms with Gasteiger partial charge in [-0.15, -0.1) is 0 Å². The predicted octanol–water partition coefficient (Wildman–Crippen LogP) is 4.88. The number of amides is 2. The van der Waals surface area contributed by atoms with Gasteiger partial charge in [0.1, 0.15) is 11.4 Å². The lowest BCUT2D eigenvalue weighted by Crippen LogP contribution is -2.35. The number of carbonyl (C=O) groups is 2. The van der Waals surface area contributed by atoms with Crippen molar-refractivity contribution >= 4 is 17.5 Å². The lowest BCUT2D eigenvalue weighted by atomic mass is 10.1. The Labute approximate surface area is 205 Å². The maximum atomic E-state index is 13.5. The van der Waals surface area contributed by atoms with Gasteiger partial charge in [-0.05, 0) is 61.4 Å². The molecule has 1 heterocycles. The highest BCUT2D eigenvalue weighted by Crippen LogP contribution is 2.27. The smallest absolute Gasteiger partial charge is 0.257 e. The van der Waals surface area contributed by atoms with Crippen molar-refractivity contribution in [2.75, 3.05) is 26.0 Å². The van der Waals surface area contributed by atoms with Crippen LogP contribution in [0.1, 0.15) is 21.5 Å². The number of anilines is 1. The van der Waals surface area contributed by atoms with Crippen LogP contribution < -0.4 is 10.1 Å². The van der Waals surface area contributed by atoms with Gasteiger partial charge in [-0.2, -0.15) is 5.10 Å². The van der Waals surface area contributed by atoms with Crippen molar-refractivity contribution in [2.24, 2.45) is 0 Å². The van der Waals surface area contributed by atoms with E-state index in [1.165, 1.54) is 4.90 Å². The summed E-state index contributed by atoms with van der Waals surface area (Å²) in [5.74, 6) is 0.152. The lowest BCUT2D eigenvalue weighted by molar-refractivity contribution is -0.116. The topological polar surface area (TPSA) is 76.5 Å². The number of carbonyl (C=O) groups excluding carboxylic acids is 2. The summed E-state index contributed by atoms with van der Waals surface area (Å²) in [7, 11) is 3.22. The fraction of sp³-hybridized carbons (Fsp3) is 0.179. The first-order valence-electron chi connectivity index (χ1n) is 11.3. The van der Waals surface area contributed by atoms with Gasteiger partial charge in [0.2, 0.25) is 5.91 Å². The molecule has 1 N–H and O–H groups in total. The van der Waals surface area contributed by atoms with E-state index >= 15 is 0 Å². The van der Waals surface area contributed by atoms with Crippen LogP contribution in [0, 0.1) is 13.8 Å². The monoisotopic (exact) mass is 468 g/mol. The fourth-order valence-corrected chi connectivity index (χ4v) is 3.89. The number of methoxy groups -OCH3 is 1. The third-order valence-electron chi connectivity index (χ3n) is 5.80. The summed E-state index contributed by atoms with van der Waals surface area (Å²) in [4.78, 5) is 27.7. The van der Waals surface area contributed by atoms with Gasteiger partial charge < -0.3 is 15.0 Å². The molecule has 0 aliphatic heterocycles. The highest BCUT2D eigenvalue weighted by Gasteiger charge is 2.23. The molecule has 0 saturated heterocycles. The maximum absolute atomic E-state index is 13.5. The van der Waals surface area contributed by atoms with Crippen LogP contribution in [-0.4, -0.2) is 47.2 Å². The van der Waals surface area contributed by atoms with Gasteiger partial charge in [0.15, 0.2) is 0 Å². The van der Waals surface area contributed by atoms with Crippen LogP contribution in [0.15, 0.2) is 79.0 Å². The standard InChI is InChI=1S/C28H28N4O3/c1-19-9-8-10-20(2)26(19)29-25(33)18-31(3)28(34)24-17-32(22-11-6-5-7-12-22)30-27(24)21-13-15-23(35-4)16-14-21/h5-17H,18H2,1-4H3,(H,29,33). The molecule has 0 atom stereocenters. The van der Waals surface area contributed by atoms with Gasteiger partial charge in [0, 0.05) is 24.5 Å². The van der Waals surface area contributed by atoms with E-state index in [-0.39, 0.29) is 18.4 Å². The summed E-state index contributed by atoms with van der Waals surface area (Å²) in [5.41, 5.74) is 5.25. The predicted molar refractivity (Wildman–Crippen MR) is 137 cm³/mol. The van der Waals surface area contributed by atoms with Crippen molar-refractivity contribution in [3.05, 3.63) is 95.7 Å². The number of likely N-dealkylation sites (N-methyl/N-ethyl adjacent to an activating group) is 1. The van der Waals surface area contributed by atoms with E-state index in [2.05, 4.69) is 5.32 Å². The number of aromatic nitrogens is 2. The van der Waals surface area contributed by atoms with Crippen LogP contribution in [-0.2, 0) is 4.79 Å². The largest absolute Gasteiger partial charge is 0.497 e. The third kappa shape index (κ3) is 5.24. The van der Waals surface area contributed by atoms with Crippen molar-refractivity contribution in [3.63, 3.8) is 0 Å². The van der Waals surface area contributed by atoms with E-state index in [1.807, 2.05) is 86.6 Å². The van der Waals surface area contributed by atoms with E-state index in [0.29, 0.717) is 17.0 Å².